The summed E-state index contributed by atoms with van der Waals surface area (Å²) in [6.45, 7) is 8.36. The predicted molar refractivity (Wildman–Crippen MR) is 147 cm³/mol. The third-order valence-electron chi connectivity index (χ3n) is 7.16. The van der Waals surface area contributed by atoms with Gasteiger partial charge in [-0.15, -0.1) is 0 Å². The number of benzene rings is 1. The van der Waals surface area contributed by atoms with Crippen molar-refractivity contribution in [1.29, 1.82) is 0 Å². The number of alkyl halides is 1. The lowest BCUT2D eigenvalue weighted by Crippen LogP contribution is -2.52. The van der Waals surface area contributed by atoms with E-state index in [2.05, 4.69) is 0 Å². The number of piperidine rings is 1. The lowest BCUT2D eigenvalue weighted by molar-refractivity contribution is -0.00698. The normalized spacial score (nSPS) is 21.5. The first-order valence-corrected chi connectivity index (χ1v) is 13.9. The summed E-state index contributed by atoms with van der Waals surface area (Å²) in [5, 5.41) is 0. The Morgan fingerprint density at radius 1 is 1.00 bits per heavy atom. The average Bonchev–Trinajstić information content (AvgIpc) is 3.45. The molecule has 1 aromatic carbocycles. The fourth-order valence-electron chi connectivity index (χ4n) is 5.51. The van der Waals surface area contributed by atoms with Crippen molar-refractivity contribution in [2.75, 3.05) is 13.2 Å². The fraction of sp³-hybridized carbons (Fsp3) is 0.533. The van der Waals surface area contributed by atoms with Crippen LogP contribution in [0.3, 0.4) is 0 Å². The lowest BCUT2D eigenvalue weighted by atomic mass is 9.97. The van der Waals surface area contributed by atoms with Gasteiger partial charge in [-0.1, -0.05) is 30.3 Å². The number of carbonyl (C=O) groups is 3. The lowest BCUT2D eigenvalue weighted by Gasteiger charge is -2.38. The van der Waals surface area contributed by atoms with Gasteiger partial charge in [-0.3, -0.25) is 9.69 Å². The van der Waals surface area contributed by atoms with Crippen LogP contribution in [0.1, 0.15) is 73.9 Å². The van der Waals surface area contributed by atoms with Crippen LogP contribution in [0.5, 0.6) is 5.75 Å². The molecule has 1 unspecified atom stereocenters. The monoisotopic (exact) mass is 572 g/mol. The molecule has 2 fully saturated rings. The molecule has 0 N–H and O–H groups in total. The van der Waals surface area contributed by atoms with Crippen molar-refractivity contribution in [2.24, 2.45) is 5.92 Å². The molecule has 1 aromatic heterocycles. The Labute approximate surface area is 238 Å². The Balaban J connectivity index is 1.81. The molecule has 4 rings (SSSR count). The summed E-state index contributed by atoms with van der Waals surface area (Å²) in [5.74, 6) is -2.31. The number of ether oxygens (including phenoxy) is 4. The van der Waals surface area contributed by atoms with Crippen molar-refractivity contribution in [3.63, 3.8) is 0 Å². The van der Waals surface area contributed by atoms with Gasteiger partial charge in [-0.2, -0.15) is 0 Å². The number of nitrogens with zero attached hydrogens (tertiary/aromatic N) is 2. The largest absolute Gasteiger partial charge is 0.482 e. The van der Waals surface area contributed by atoms with Crippen LogP contribution in [-0.2, 0) is 27.4 Å². The number of likely N-dealkylation sites (tertiary alicyclic amines) is 1. The van der Waals surface area contributed by atoms with E-state index in [1.54, 1.807) is 58.9 Å². The molecule has 1 saturated heterocycles. The van der Waals surface area contributed by atoms with Gasteiger partial charge in [0.05, 0.1) is 25.3 Å². The number of carbonyl (C=O) groups excluding carboxylic acids is 3. The van der Waals surface area contributed by atoms with Gasteiger partial charge in [0, 0.05) is 12.7 Å². The predicted octanol–water partition coefficient (Wildman–Crippen LogP) is 4.52. The van der Waals surface area contributed by atoms with Gasteiger partial charge >= 0.3 is 18.0 Å². The second-order valence-corrected chi connectivity index (χ2v) is 11.2. The second-order valence-electron chi connectivity index (χ2n) is 11.2. The number of pyridine rings is 1. The zero-order valence-electron chi connectivity index (χ0n) is 24.1. The number of halogens is 1. The van der Waals surface area contributed by atoms with Gasteiger partial charge in [0.25, 0.3) is 0 Å². The summed E-state index contributed by atoms with van der Waals surface area (Å²) in [5.41, 5.74) is -1.44. The zero-order chi connectivity index (χ0) is 29.9. The smallest absolute Gasteiger partial charge is 0.410 e. The van der Waals surface area contributed by atoms with Gasteiger partial charge in [0.2, 0.25) is 5.43 Å². The summed E-state index contributed by atoms with van der Waals surface area (Å²) in [7, 11) is 0. The molecular weight excluding hydrogens is 535 g/mol. The van der Waals surface area contributed by atoms with Crippen LogP contribution in [0, 0.1) is 5.92 Å². The van der Waals surface area contributed by atoms with Crippen molar-refractivity contribution in [1.82, 2.24) is 9.47 Å². The van der Waals surface area contributed by atoms with E-state index in [-0.39, 0.29) is 55.7 Å². The van der Waals surface area contributed by atoms with E-state index in [1.807, 2.05) is 6.07 Å². The van der Waals surface area contributed by atoms with E-state index in [1.165, 1.54) is 15.7 Å². The maximum atomic E-state index is 14.9. The Kier molecular flexibility index (Phi) is 9.04. The first-order valence-electron chi connectivity index (χ1n) is 13.9. The van der Waals surface area contributed by atoms with Gasteiger partial charge < -0.3 is 23.5 Å². The SMILES string of the molecule is CCOC(=O)c1cn(C[C@@H]2[C@@H]3CC([C@@H](F)C3)N2C(=O)OC(C)(C)C)c(C(=O)OCC)c(OCc2ccccc2)c1=O. The number of fused-ring (bicyclic) bond motifs is 2. The highest BCUT2D eigenvalue weighted by molar-refractivity contribution is 5.94. The minimum absolute atomic E-state index is 0.0203. The number of rotatable bonds is 9. The number of aromatic nitrogens is 1. The molecule has 0 spiro atoms. The fourth-order valence-corrected chi connectivity index (χ4v) is 5.51. The minimum atomic E-state index is -1.21. The van der Waals surface area contributed by atoms with Gasteiger partial charge in [-0.25, -0.2) is 18.8 Å². The third-order valence-corrected chi connectivity index (χ3v) is 7.16. The standard InChI is InChI=1S/C30H37FN2O8/c1-6-38-27(35)20-15-32(16-23-19-13-21(31)22(14-19)33(23)29(37)41-30(3,4)5)24(28(36)39-7-2)26(25(20)34)40-17-18-11-9-8-10-12-18/h8-12,15,19,21-23H,6-7,13-14,16-17H2,1-5H3/t19-,21-,22?,23+/m0/s1. The zero-order valence-corrected chi connectivity index (χ0v) is 24.1. The van der Waals surface area contributed by atoms with E-state index in [4.69, 9.17) is 18.9 Å². The molecule has 1 aliphatic carbocycles. The maximum absolute atomic E-state index is 14.9. The maximum Gasteiger partial charge on any atom is 0.410 e. The quantitative estimate of drug-likeness (QED) is 0.319. The summed E-state index contributed by atoms with van der Waals surface area (Å²) >= 11 is 0. The van der Waals surface area contributed by atoms with Crippen LogP contribution in [0.15, 0.2) is 41.3 Å². The second kappa shape index (κ2) is 12.3. The topological polar surface area (TPSA) is 113 Å². The average molecular weight is 573 g/mol. The van der Waals surface area contributed by atoms with E-state index in [0.717, 1.165) is 5.56 Å². The van der Waals surface area contributed by atoms with Gasteiger partial charge in [0.15, 0.2) is 11.4 Å². The highest BCUT2D eigenvalue weighted by Crippen LogP contribution is 2.45. The van der Waals surface area contributed by atoms with Crippen LogP contribution in [-0.4, -0.2) is 64.6 Å². The van der Waals surface area contributed by atoms with Gasteiger partial charge in [-0.05, 0) is 58.9 Å². The van der Waals surface area contributed by atoms with Crippen molar-refractivity contribution >= 4 is 18.0 Å². The highest BCUT2D eigenvalue weighted by Gasteiger charge is 2.54. The molecule has 1 amide bonds. The minimum Gasteiger partial charge on any atom is -0.482 e. The Bertz CT molecular complexity index is 1340. The molecule has 2 heterocycles. The molecule has 4 atom stereocenters. The van der Waals surface area contributed by atoms with E-state index < -0.39 is 47.3 Å². The van der Waals surface area contributed by atoms with Crippen LogP contribution in [0.25, 0.3) is 0 Å². The number of esters is 2. The molecule has 10 nitrogen and oxygen atoms in total. The van der Waals surface area contributed by atoms with Crippen LogP contribution in [0.4, 0.5) is 9.18 Å². The first kappa shape index (κ1) is 30.1. The van der Waals surface area contributed by atoms with Crippen molar-refractivity contribution in [3.05, 3.63) is 63.6 Å². The van der Waals surface area contributed by atoms with E-state index in [0.29, 0.717) is 6.42 Å². The molecule has 2 aliphatic rings. The third kappa shape index (κ3) is 6.55. The highest BCUT2D eigenvalue weighted by atomic mass is 19.1. The molecular formula is C30H37FN2O8. The van der Waals surface area contributed by atoms with Crippen LogP contribution in [0.2, 0.25) is 0 Å². The molecule has 2 bridgehead atoms. The Morgan fingerprint density at radius 2 is 1.66 bits per heavy atom. The summed E-state index contributed by atoms with van der Waals surface area (Å²) < 4.78 is 38.2. The summed E-state index contributed by atoms with van der Waals surface area (Å²) in [6, 6.07) is 7.76. The first-order chi connectivity index (χ1) is 19.4. The summed E-state index contributed by atoms with van der Waals surface area (Å²) in [6.07, 6.45) is 0.0338. The van der Waals surface area contributed by atoms with Crippen LogP contribution < -0.4 is 10.2 Å². The molecule has 1 aliphatic heterocycles. The summed E-state index contributed by atoms with van der Waals surface area (Å²) in [4.78, 5) is 54.3. The molecule has 11 heteroatoms. The molecule has 41 heavy (non-hydrogen) atoms. The van der Waals surface area contributed by atoms with Crippen molar-refractivity contribution < 1.29 is 37.7 Å². The molecule has 1 saturated carbocycles. The number of hydrogen-bond acceptors (Lipinski definition) is 8. The van der Waals surface area contributed by atoms with Crippen LogP contribution >= 0.6 is 0 Å². The number of hydrogen-bond donors (Lipinski definition) is 0. The van der Waals surface area contributed by atoms with Crippen molar-refractivity contribution in [2.45, 2.75) is 84.5 Å². The Morgan fingerprint density at radius 3 is 2.29 bits per heavy atom. The molecule has 0 radical (unpaired) electrons. The van der Waals surface area contributed by atoms with E-state index in [9.17, 15) is 23.6 Å². The number of amides is 1. The molecule has 2 aromatic rings. The van der Waals surface area contributed by atoms with E-state index >= 15 is 0 Å². The Hall–Kier alpha value is -3.89. The van der Waals surface area contributed by atoms with Gasteiger partial charge in [0.1, 0.15) is 23.9 Å². The molecule has 222 valence electrons. The van der Waals surface area contributed by atoms with Crippen molar-refractivity contribution in [3.8, 4) is 5.75 Å².